The number of pyridine rings is 1. The van der Waals surface area contributed by atoms with Gasteiger partial charge in [0.1, 0.15) is 35.2 Å². The van der Waals surface area contributed by atoms with Gasteiger partial charge in [-0.2, -0.15) is 9.97 Å². The van der Waals surface area contributed by atoms with Gasteiger partial charge in [-0.1, -0.05) is 19.9 Å². The van der Waals surface area contributed by atoms with Crippen LogP contribution in [-0.4, -0.2) is 75.9 Å². The van der Waals surface area contributed by atoms with Gasteiger partial charge in [0.15, 0.2) is 5.82 Å². The molecule has 2 aromatic carbocycles. The Morgan fingerprint density at radius 3 is 2.81 bits per heavy atom. The second kappa shape index (κ2) is 10.8. The lowest BCUT2D eigenvalue weighted by Crippen LogP contribution is -2.49. The third-order valence-electron chi connectivity index (χ3n) is 9.54. The van der Waals surface area contributed by atoms with Crippen LogP contribution in [0.4, 0.5) is 14.6 Å². The summed E-state index contributed by atoms with van der Waals surface area (Å²) in [5.41, 5.74) is 0.836. The summed E-state index contributed by atoms with van der Waals surface area (Å²) in [6.45, 7) is 11.0. The lowest BCUT2D eigenvalue weighted by molar-refractivity contribution is 0.107. The van der Waals surface area contributed by atoms with Gasteiger partial charge in [-0.15, -0.1) is 0 Å². The lowest BCUT2D eigenvalue weighted by Gasteiger charge is -2.34. The Hall–Kier alpha value is -3.63. The standard InChI is InChI=1S/C33H38F2N6O2/c1-4-23-26(34)7-6-21-12-22(42)13-24(27(21)23)29-28(35)30-25(15-37-29)31(40-11-9-36-20(3)17-40)39-32(38-30)43-18-33-8-5-10-41(33)16-19(2)14-33/h6-7,12-13,15,19-20,36,42H,4-5,8-11,14,16-18H2,1-3H3/t19-,20-,33+/m1/s1. The minimum Gasteiger partial charge on any atom is -0.508 e. The number of hydrogen-bond acceptors (Lipinski definition) is 8. The number of ether oxygens (including phenoxy) is 1. The molecule has 4 aromatic rings. The second-order valence-corrected chi connectivity index (χ2v) is 12.7. The van der Waals surface area contributed by atoms with Crippen molar-refractivity contribution in [1.82, 2.24) is 25.2 Å². The molecule has 0 unspecified atom stereocenters. The molecule has 10 heteroatoms. The highest BCUT2D eigenvalue weighted by atomic mass is 19.1. The van der Waals surface area contributed by atoms with Gasteiger partial charge in [0.05, 0.1) is 10.9 Å². The van der Waals surface area contributed by atoms with Gasteiger partial charge in [0.25, 0.3) is 0 Å². The zero-order valence-corrected chi connectivity index (χ0v) is 25.0. The van der Waals surface area contributed by atoms with E-state index in [9.17, 15) is 9.50 Å². The molecule has 3 aliphatic heterocycles. The van der Waals surface area contributed by atoms with Gasteiger partial charge in [0, 0.05) is 44.0 Å². The molecule has 0 spiro atoms. The van der Waals surface area contributed by atoms with Crippen molar-refractivity contribution in [2.24, 2.45) is 5.92 Å². The largest absolute Gasteiger partial charge is 0.508 e. The van der Waals surface area contributed by atoms with Crippen LogP contribution in [-0.2, 0) is 6.42 Å². The van der Waals surface area contributed by atoms with Gasteiger partial charge in [-0.25, -0.2) is 8.78 Å². The fraction of sp³-hybridized carbons (Fsp3) is 0.485. The summed E-state index contributed by atoms with van der Waals surface area (Å²) in [5.74, 6) is 0.111. The molecule has 3 atom stereocenters. The molecule has 2 N–H and O–H groups in total. The average molecular weight is 589 g/mol. The Morgan fingerprint density at radius 2 is 2.00 bits per heavy atom. The maximum Gasteiger partial charge on any atom is 0.319 e. The zero-order chi connectivity index (χ0) is 29.9. The molecule has 3 fully saturated rings. The number of rotatable bonds is 6. The van der Waals surface area contributed by atoms with Gasteiger partial charge >= 0.3 is 6.01 Å². The van der Waals surface area contributed by atoms with E-state index in [1.807, 2.05) is 6.92 Å². The summed E-state index contributed by atoms with van der Waals surface area (Å²) < 4.78 is 38.0. The maximum atomic E-state index is 16.7. The fourth-order valence-electron chi connectivity index (χ4n) is 7.69. The monoisotopic (exact) mass is 588 g/mol. The van der Waals surface area contributed by atoms with Crippen molar-refractivity contribution in [3.05, 3.63) is 47.7 Å². The van der Waals surface area contributed by atoms with E-state index in [0.29, 0.717) is 65.1 Å². The van der Waals surface area contributed by atoms with Crippen LogP contribution >= 0.6 is 0 Å². The first kappa shape index (κ1) is 28.2. The zero-order valence-electron chi connectivity index (χ0n) is 25.0. The van der Waals surface area contributed by atoms with E-state index < -0.39 is 5.82 Å². The third-order valence-corrected chi connectivity index (χ3v) is 9.54. The fourth-order valence-corrected chi connectivity index (χ4v) is 7.69. The molecule has 0 amide bonds. The van der Waals surface area contributed by atoms with E-state index in [4.69, 9.17) is 9.72 Å². The summed E-state index contributed by atoms with van der Waals surface area (Å²) in [6, 6.07) is 6.36. The van der Waals surface area contributed by atoms with Crippen molar-refractivity contribution in [3.8, 4) is 23.0 Å². The molecule has 3 saturated heterocycles. The number of nitrogens with zero attached hydrogens (tertiary/aromatic N) is 5. The Labute approximate surface area is 250 Å². The molecule has 3 aliphatic rings. The summed E-state index contributed by atoms with van der Waals surface area (Å²) in [5, 5.41) is 15.6. The van der Waals surface area contributed by atoms with E-state index in [2.05, 4.69) is 38.9 Å². The van der Waals surface area contributed by atoms with Crippen LogP contribution in [0.25, 0.3) is 32.9 Å². The highest BCUT2D eigenvalue weighted by Crippen LogP contribution is 2.42. The molecule has 0 bridgehead atoms. The maximum absolute atomic E-state index is 16.7. The van der Waals surface area contributed by atoms with Crippen LogP contribution in [0, 0.1) is 17.6 Å². The predicted octanol–water partition coefficient (Wildman–Crippen LogP) is 5.44. The molecular formula is C33H38F2N6O2. The van der Waals surface area contributed by atoms with Crippen molar-refractivity contribution in [2.45, 2.75) is 58.0 Å². The SMILES string of the molecule is CCc1c(F)ccc2cc(O)cc(-c3ncc4c(N5CCN[C@H](C)C5)nc(OC[C@@]56CCCN5C[C@H](C)C6)nc4c3F)c12. The van der Waals surface area contributed by atoms with E-state index in [0.717, 1.165) is 38.9 Å². The van der Waals surface area contributed by atoms with Gasteiger partial charge < -0.3 is 20.1 Å². The van der Waals surface area contributed by atoms with Crippen LogP contribution in [0.5, 0.6) is 11.8 Å². The molecule has 0 radical (unpaired) electrons. The number of phenols is 1. The number of halogens is 2. The van der Waals surface area contributed by atoms with E-state index >= 15 is 4.39 Å². The average Bonchev–Trinajstić information content (AvgIpc) is 3.51. The normalized spacial score (nSPS) is 24.3. The number of fused-ring (bicyclic) bond motifs is 3. The van der Waals surface area contributed by atoms with Crippen molar-refractivity contribution in [2.75, 3.05) is 44.2 Å². The number of benzene rings is 2. The molecule has 8 nitrogen and oxygen atoms in total. The molecule has 226 valence electrons. The third kappa shape index (κ3) is 4.84. The topological polar surface area (TPSA) is 86.6 Å². The van der Waals surface area contributed by atoms with Crippen molar-refractivity contribution in [3.63, 3.8) is 0 Å². The molecular weight excluding hydrogens is 550 g/mol. The van der Waals surface area contributed by atoms with Crippen LogP contribution in [0.1, 0.15) is 45.6 Å². The predicted molar refractivity (Wildman–Crippen MR) is 164 cm³/mol. The first-order chi connectivity index (χ1) is 20.8. The van der Waals surface area contributed by atoms with Crippen LogP contribution in [0.15, 0.2) is 30.5 Å². The van der Waals surface area contributed by atoms with Gasteiger partial charge in [-0.3, -0.25) is 9.88 Å². The molecule has 43 heavy (non-hydrogen) atoms. The second-order valence-electron chi connectivity index (χ2n) is 12.7. The first-order valence-corrected chi connectivity index (χ1v) is 15.4. The highest BCUT2D eigenvalue weighted by molar-refractivity contribution is 6.01. The summed E-state index contributed by atoms with van der Waals surface area (Å²) in [6.07, 6.45) is 5.26. The van der Waals surface area contributed by atoms with E-state index in [1.165, 1.54) is 12.1 Å². The number of nitrogens with one attached hydrogen (secondary N) is 1. The number of phenolic OH excluding ortho intramolecular Hbond substituents is 1. The number of piperazine rings is 1. The summed E-state index contributed by atoms with van der Waals surface area (Å²) >= 11 is 0. The minimum absolute atomic E-state index is 0.00292. The summed E-state index contributed by atoms with van der Waals surface area (Å²) in [4.78, 5) is 18.7. The number of aryl methyl sites for hydroxylation is 1. The first-order valence-electron chi connectivity index (χ1n) is 15.4. The minimum atomic E-state index is -0.650. The van der Waals surface area contributed by atoms with Crippen LogP contribution in [0.3, 0.4) is 0 Å². The Morgan fingerprint density at radius 1 is 1.14 bits per heavy atom. The molecule has 0 saturated carbocycles. The lowest BCUT2D eigenvalue weighted by atomic mass is 9.92. The highest BCUT2D eigenvalue weighted by Gasteiger charge is 2.47. The van der Waals surface area contributed by atoms with Crippen molar-refractivity contribution in [1.29, 1.82) is 0 Å². The smallest absolute Gasteiger partial charge is 0.319 e. The Balaban J connectivity index is 1.37. The van der Waals surface area contributed by atoms with Gasteiger partial charge in [0.2, 0.25) is 0 Å². The van der Waals surface area contributed by atoms with E-state index in [-0.39, 0.29) is 40.4 Å². The van der Waals surface area contributed by atoms with Gasteiger partial charge in [-0.05, 0) is 79.6 Å². The summed E-state index contributed by atoms with van der Waals surface area (Å²) in [7, 11) is 0. The van der Waals surface area contributed by atoms with Crippen molar-refractivity contribution >= 4 is 27.5 Å². The number of aromatic nitrogens is 3. The van der Waals surface area contributed by atoms with Crippen LogP contribution in [0.2, 0.25) is 0 Å². The Bertz CT molecular complexity index is 1720. The number of aromatic hydroxyl groups is 1. The Kier molecular flexibility index (Phi) is 7.09. The van der Waals surface area contributed by atoms with Crippen LogP contribution < -0.4 is 15.0 Å². The molecule has 0 aliphatic carbocycles. The quantitative estimate of drug-likeness (QED) is 0.308. The molecule has 2 aromatic heterocycles. The van der Waals surface area contributed by atoms with Crippen molar-refractivity contribution < 1.29 is 18.6 Å². The number of anilines is 1. The molecule has 5 heterocycles. The number of hydrogen-bond donors (Lipinski definition) is 2. The van der Waals surface area contributed by atoms with E-state index in [1.54, 1.807) is 18.3 Å². The molecule has 7 rings (SSSR count).